The molecule has 1 aromatic heterocycles. The summed E-state index contributed by atoms with van der Waals surface area (Å²) in [4.78, 5) is 0. The van der Waals surface area contributed by atoms with Crippen molar-refractivity contribution >= 4 is 5.82 Å². The predicted octanol–water partition coefficient (Wildman–Crippen LogP) is 2.88. The standard InChI is InChI=1S/C12H12F2N2O3/c1-17-8-4-7(12(13)14)9(18-2)3-6(8)10-5-11(15)16-19-10/h3-5,12H,1-2H3,(H2,15,16). The molecule has 5 nitrogen and oxygen atoms in total. The van der Waals surface area contributed by atoms with Gasteiger partial charge >= 0.3 is 0 Å². The van der Waals surface area contributed by atoms with Crippen LogP contribution in [0.4, 0.5) is 14.6 Å². The Morgan fingerprint density at radius 2 is 1.84 bits per heavy atom. The Balaban J connectivity index is 2.60. The molecule has 7 heteroatoms. The van der Waals surface area contributed by atoms with Crippen LogP contribution in [-0.2, 0) is 0 Å². The number of halogens is 2. The fourth-order valence-electron chi connectivity index (χ4n) is 1.70. The lowest BCUT2D eigenvalue weighted by Gasteiger charge is -2.12. The summed E-state index contributed by atoms with van der Waals surface area (Å²) >= 11 is 0. The zero-order valence-corrected chi connectivity index (χ0v) is 10.3. The number of ether oxygens (including phenoxy) is 2. The van der Waals surface area contributed by atoms with Crippen molar-refractivity contribution in [1.29, 1.82) is 0 Å². The van der Waals surface area contributed by atoms with Crippen molar-refractivity contribution in [3.8, 4) is 22.8 Å². The van der Waals surface area contributed by atoms with Crippen molar-refractivity contribution in [3.05, 3.63) is 23.8 Å². The van der Waals surface area contributed by atoms with E-state index in [1.807, 2.05) is 0 Å². The van der Waals surface area contributed by atoms with Gasteiger partial charge in [0.2, 0.25) is 0 Å². The molecule has 0 spiro atoms. The second-order valence-electron chi connectivity index (χ2n) is 3.71. The smallest absolute Gasteiger partial charge is 0.267 e. The monoisotopic (exact) mass is 270 g/mol. The van der Waals surface area contributed by atoms with Gasteiger partial charge in [-0.15, -0.1) is 0 Å². The summed E-state index contributed by atoms with van der Waals surface area (Å²) in [6, 6.07) is 4.08. The van der Waals surface area contributed by atoms with Crippen molar-refractivity contribution in [2.75, 3.05) is 20.0 Å². The van der Waals surface area contributed by atoms with E-state index >= 15 is 0 Å². The highest BCUT2D eigenvalue weighted by Crippen LogP contribution is 2.40. The molecule has 102 valence electrons. The van der Waals surface area contributed by atoms with Crippen molar-refractivity contribution in [1.82, 2.24) is 5.16 Å². The fourth-order valence-corrected chi connectivity index (χ4v) is 1.70. The molecule has 19 heavy (non-hydrogen) atoms. The zero-order valence-electron chi connectivity index (χ0n) is 10.3. The maximum atomic E-state index is 12.9. The van der Waals surface area contributed by atoms with Gasteiger partial charge in [-0.3, -0.25) is 0 Å². The van der Waals surface area contributed by atoms with Gasteiger partial charge in [0, 0.05) is 6.07 Å². The second kappa shape index (κ2) is 5.13. The maximum Gasteiger partial charge on any atom is 0.267 e. The summed E-state index contributed by atoms with van der Waals surface area (Å²) in [5.74, 6) is 0.774. The molecule has 0 atom stereocenters. The predicted molar refractivity (Wildman–Crippen MR) is 64.4 cm³/mol. The number of aromatic nitrogens is 1. The molecule has 0 saturated carbocycles. The minimum Gasteiger partial charge on any atom is -0.496 e. The van der Waals surface area contributed by atoms with Crippen LogP contribution < -0.4 is 15.2 Å². The number of nitrogens with two attached hydrogens (primary N) is 1. The van der Waals surface area contributed by atoms with Gasteiger partial charge in [-0.1, -0.05) is 5.16 Å². The van der Waals surface area contributed by atoms with Crippen LogP contribution in [0.1, 0.15) is 12.0 Å². The van der Waals surface area contributed by atoms with Crippen molar-refractivity contribution in [2.45, 2.75) is 6.43 Å². The lowest BCUT2D eigenvalue weighted by molar-refractivity contribution is 0.146. The van der Waals surface area contributed by atoms with E-state index in [0.29, 0.717) is 11.3 Å². The Bertz CT molecular complexity index is 584. The summed E-state index contributed by atoms with van der Waals surface area (Å²) in [6.07, 6.45) is -2.67. The van der Waals surface area contributed by atoms with E-state index < -0.39 is 6.43 Å². The number of nitrogen functional groups attached to an aromatic ring is 1. The Morgan fingerprint density at radius 1 is 1.16 bits per heavy atom. The minimum absolute atomic E-state index is 0.0424. The number of nitrogens with zero attached hydrogens (tertiary/aromatic N) is 1. The second-order valence-corrected chi connectivity index (χ2v) is 3.71. The molecule has 2 aromatic rings. The lowest BCUT2D eigenvalue weighted by Crippen LogP contribution is -1.96. The van der Waals surface area contributed by atoms with Gasteiger partial charge in [0.05, 0.1) is 25.3 Å². The Morgan fingerprint density at radius 3 is 2.32 bits per heavy atom. The summed E-state index contributed by atoms with van der Waals surface area (Å²) in [5, 5.41) is 3.54. The van der Waals surface area contributed by atoms with E-state index in [-0.39, 0.29) is 22.9 Å². The first-order chi connectivity index (χ1) is 9.06. The molecule has 1 heterocycles. The van der Waals surface area contributed by atoms with Crippen LogP contribution in [-0.4, -0.2) is 19.4 Å². The molecule has 0 aliphatic heterocycles. The van der Waals surface area contributed by atoms with Crippen LogP contribution in [0.25, 0.3) is 11.3 Å². The molecular weight excluding hydrogens is 258 g/mol. The van der Waals surface area contributed by atoms with Crippen LogP contribution >= 0.6 is 0 Å². The topological polar surface area (TPSA) is 70.5 Å². The van der Waals surface area contributed by atoms with E-state index in [1.54, 1.807) is 0 Å². The van der Waals surface area contributed by atoms with Crippen LogP contribution in [0.15, 0.2) is 22.7 Å². The first-order valence-electron chi connectivity index (χ1n) is 5.33. The number of benzene rings is 1. The van der Waals surface area contributed by atoms with Gasteiger partial charge in [-0.05, 0) is 12.1 Å². The molecule has 0 radical (unpaired) electrons. The average Bonchev–Trinajstić information content (AvgIpc) is 2.83. The summed E-state index contributed by atoms with van der Waals surface area (Å²) in [5.41, 5.74) is 5.64. The van der Waals surface area contributed by atoms with E-state index in [4.69, 9.17) is 19.7 Å². The van der Waals surface area contributed by atoms with Gasteiger partial charge in [0.15, 0.2) is 11.6 Å². The Hall–Kier alpha value is -2.31. The quantitative estimate of drug-likeness (QED) is 0.924. The van der Waals surface area contributed by atoms with Crippen molar-refractivity contribution in [2.24, 2.45) is 0 Å². The van der Waals surface area contributed by atoms with Crippen LogP contribution in [0.5, 0.6) is 11.5 Å². The fraction of sp³-hybridized carbons (Fsp3) is 0.250. The molecule has 2 rings (SSSR count). The normalized spacial score (nSPS) is 10.8. The van der Waals surface area contributed by atoms with Gasteiger partial charge in [-0.2, -0.15) is 0 Å². The number of hydrogen-bond acceptors (Lipinski definition) is 5. The molecule has 0 amide bonds. The SMILES string of the molecule is COc1cc(C(F)F)c(OC)cc1-c1cc(N)no1. The van der Waals surface area contributed by atoms with Crippen molar-refractivity contribution < 1.29 is 22.8 Å². The van der Waals surface area contributed by atoms with Crippen LogP contribution in [0.3, 0.4) is 0 Å². The van der Waals surface area contributed by atoms with Gasteiger partial charge < -0.3 is 19.7 Å². The molecule has 0 aliphatic rings. The molecule has 1 aromatic carbocycles. The van der Waals surface area contributed by atoms with Crippen LogP contribution in [0.2, 0.25) is 0 Å². The molecule has 0 aliphatic carbocycles. The number of hydrogen-bond donors (Lipinski definition) is 1. The first kappa shape index (κ1) is 13.1. The highest BCUT2D eigenvalue weighted by Gasteiger charge is 2.20. The Kier molecular flexibility index (Phi) is 3.55. The molecule has 0 saturated heterocycles. The average molecular weight is 270 g/mol. The lowest BCUT2D eigenvalue weighted by atomic mass is 10.1. The molecule has 0 unspecified atom stereocenters. The first-order valence-corrected chi connectivity index (χ1v) is 5.33. The van der Waals surface area contributed by atoms with E-state index in [0.717, 1.165) is 0 Å². The van der Waals surface area contributed by atoms with Gasteiger partial charge in [-0.25, -0.2) is 8.78 Å². The van der Waals surface area contributed by atoms with E-state index in [1.165, 1.54) is 32.4 Å². The van der Waals surface area contributed by atoms with Gasteiger partial charge in [0.25, 0.3) is 6.43 Å². The maximum absolute atomic E-state index is 12.9. The van der Waals surface area contributed by atoms with Crippen molar-refractivity contribution in [3.63, 3.8) is 0 Å². The third-order valence-corrected chi connectivity index (χ3v) is 2.58. The number of methoxy groups -OCH3 is 2. The number of rotatable bonds is 4. The largest absolute Gasteiger partial charge is 0.496 e. The zero-order chi connectivity index (χ0) is 14.0. The Labute approximate surface area is 107 Å². The third kappa shape index (κ3) is 2.44. The number of alkyl halides is 2. The summed E-state index contributed by atoms with van der Waals surface area (Å²) in [6.45, 7) is 0. The van der Waals surface area contributed by atoms with E-state index in [2.05, 4.69) is 5.16 Å². The molecular formula is C12H12F2N2O3. The highest BCUT2D eigenvalue weighted by atomic mass is 19.3. The molecule has 0 fully saturated rings. The van der Waals surface area contributed by atoms with E-state index in [9.17, 15) is 8.78 Å². The summed E-state index contributed by atoms with van der Waals surface area (Å²) < 4.78 is 40.8. The van der Waals surface area contributed by atoms with Gasteiger partial charge in [0.1, 0.15) is 11.5 Å². The molecule has 2 N–H and O–H groups in total. The molecule has 0 bridgehead atoms. The third-order valence-electron chi connectivity index (χ3n) is 2.58. The summed E-state index contributed by atoms with van der Waals surface area (Å²) in [7, 11) is 2.69. The minimum atomic E-state index is -2.67. The van der Waals surface area contributed by atoms with Crippen LogP contribution in [0, 0.1) is 0 Å². The highest BCUT2D eigenvalue weighted by molar-refractivity contribution is 5.70. The number of anilines is 1.